The van der Waals surface area contributed by atoms with Crippen LogP contribution in [-0.4, -0.2) is 0 Å². The summed E-state index contributed by atoms with van der Waals surface area (Å²) in [5.74, 6) is 0. The van der Waals surface area contributed by atoms with Crippen LogP contribution >= 0.6 is 43.5 Å². The summed E-state index contributed by atoms with van der Waals surface area (Å²) in [6.45, 7) is 4.44. The highest BCUT2D eigenvalue weighted by Crippen LogP contribution is 2.51. The molecule has 1 aromatic rings. The lowest BCUT2D eigenvalue weighted by Crippen LogP contribution is -2.25. The average molecular weight is 395 g/mol. The molecule has 0 radical (unpaired) electrons. The summed E-state index contributed by atoms with van der Waals surface area (Å²) in [5, 5.41) is 0.0871. The minimum Gasteiger partial charge on any atom is -0.117 e. The smallest absolute Gasteiger partial charge is 0.0650 e. The van der Waals surface area contributed by atoms with E-state index in [0.29, 0.717) is 0 Å². The Morgan fingerprint density at radius 1 is 1.11 bits per heavy atom. The molecule has 1 unspecified atom stereocenters. The molecule has 1 saturated carbocycles. The third-order valence-corrected chi connectivity index (χ3v) is 6.46. The number of hydrogen-bond acceptors (Lipinski definition) is 0. The van der Waals surface area contributed by atoms with Gasteiger partial charge in [0.2, 0.25) is 0 Å². The Kier molecular flexibility index (Phi) is 4.83. The van der Waals surface area contributed by atoms with Crippen molar-refractivity contribution in [2.45, 2.75) is 51.3 Å². The average Bonchev–Trinajstić information content (AvgIpc) is 2.34. The van der Waals surface area contributed by atoms with E-state index in [1.165, 1.54) is 43.2 Å². The zero-order valence-corrected chi connectivity index (χ0v) is 14.8. The Morgan fingerprint density at radius 2 is 1.72 bits per heavy atom. The zero-order chi connectivity index (χ0) is 13.3. The van der Waals surface area contributed by atoms with Crippen molar-refractivity contribution in [3.63, 3.8) is 0 Å². The van der Waals surface area contributed by atoms with Gasteiger partial charge in [-0.3, -0.25) is 0 Å². The van der Waals surface area contributed by atoms with Crippen molar-refractivity contribution in [1.82, 2.24) is 0 Å². The largest absolute Gasteiger partial charge is 0.117 e. The van der Waals surface area contributed by atoms with Crippen LogP contribution in [0.25, 0.3) is 0 Å². The Labute approximate surface area is 132 Å². The van der Waals surface area contributed by atoms with E-state index in [2.05, 4.69) is 57.8 Å². The third kappa shape index (κ3) is 2.96. The molecule has 0 nitrogen and oxygen atoms in total. The lowest BCUT2D eigenvalue weighted by atomic mass is 9.71. The lowest BCUT2D eigenvalue weighted by Gasteiger charge is -2.38. The first-order chi connectivity index (χ1) is 8.44. The number of alkyl halides is 1. The molecule has 0 aliphatic heterocycles. The van der Waals surface area contributed by atoms with E-state index >= 15 is 0 Å². The fraction of sp³-hybridized carbons (Fsp3) is 0.600. The van der Waals surface area contributed by atoms with Crippen molar-refractivity contribution in [1.29, 1.82) is 0 Å². The van der Waals surface area contributed by atoms with E-state index in [1.54, 1.807) is 0 Å². The fourth-order valence-electron chi connectivity index (χ4n) is 2.84. The van der Waals surface area contributed by atoms with Gasteiger partial charge >= 0.3 is 0 Å². The fourth-order valence-corrected chi connectivity index (χ4v) is 4.42. The van der Waals surface area contributed by atoms with E-state index in [0.717, 1.165) is 8.95 Å². The van der Waals surface area contributed by atoms with Crippen LogP contribution in [0.3, 0.4) is 0 Å². The maximum absolute atomic E-state index is 6.80. The van der Waals surface area contributed by atoms with Crippen LogP contribution in [0.5, 0.6) is 0 Å². The van der Waals surface area contributed by atoms with Gasteiger partial charge in [0.15, 0.2) is 0 Å². The first-order valence-electron chi connectivity index (χ1n) is 6.54. The highest BCUT2D eigenvalue weighted by Gasteiger charge is 2.36. The molecule has 1 atom stereocenters. The molecule has 0 bridgehead atoms. The molecule has 0 N–H and O–H groups in total. The van der Waals surface area contributed by atoms with Gasteiger partial charge in [-0.05, 0) is 48.4 Å². The van der Waals surface area contributed by atoms with Crippen LogP contribution in [0.4, 0.5) is 0 Å². The number of halogens is 3. The number of aryl methyl sites for hydroxylation is 1. The molecule has 100 valence electrons. The number of benzene rings is 1. The molecule has 1 aliphatic rings. The van der Waals surface area contributed by atoms with Crippen LogP contribution in [0.1, 0.15) is 55.5 Å². The van der Waals surface area contributed by atoms with Gasteiger partial charge < -0.3 is 0 Å². The van der Waals surface area contributed by atoms with E-state index in [9.17, 15) is 0 Å². The molecule has 1 aliphatic carbocycles. The van der Waals surface area contributed by atoms with E-state index in [-0.39, 0.29) is 10.8 Å². The topological polar surface area (TPSA) is 0 Å². The Bertz CT molecular complexity index is 436. The maximum Gasteiger partial charge on any atom is 0.0650 e. The Hall–Kier alpha value is 0.470. The predicted octanol–water partition coefficient (Wildman–Crippen LogP) is 6.77. The van der Waals surface area contributed by atoms with Crippen molar-refractivity contribution in [3.05, 3.63) is 32.2 Å². The van der Waals surface area contributed by atoms with Gasteiger partial charge in [0, 0.05) is 8.95 Å². The minimum absolute atomic E-state index is 0.0871. The molecule has 0 aromatic heterocycles. The summed E-state index contributed by atoms with van der Waals surface area (Å²) < 4.78 is 2.28. The maximum atomic E-state index is 6.80. The molecular weight excluding hydrogens is 375 g/mol. The Morgan fingerprint density at radius 3 is 2.33 bits per heavy atom. The second-order valence-corrected chi connectivity index (χ2v) is 7.85. The van der Waals surface area contributed by atoms with Gasteiger partial charge in [-0.1, -0.05) is 58.0 Å². The lowest BCUT2D eigenvalue weighted by molar-refractivity contribution is 0.206. The molecule has 0 heterocycles. The van der Waals surface area contributed by atoms with Crippen LogP contribution in [-0.2, 0) is 0 Å². The summed E-state index contributed by atoms with van der Waals surface area (Å²) in [4.78, 5) is 0. The second kappa shape index (κ2) is 5.85. The van der Waals surface area contributed by atoms with Gasteiger partial charge in [-0.15, -0.1) is 11.6 Å². The normalized spacial score (nSPS) is 20.7. The van der Waals surface area contributed by atoms with E-state index < -0.39 is 0 Å². The van der Waals surface area contributed by atoms with Crippen molar-refractivity contribution in [2.24, 2.45) is 5.41 Å². The zero-order valence-electron chi connectivity index (χ0n) is 10.9. The standard InChI is InChI=1S/C15H19Br2Cl/c1-10-8-13(17)11(9-12(10)16)14(18)15(2)6-4-3-5-7-15/h8-9,14H,3-7H2,1-2H3. The molecule has 1 aromatic carbocycles. The Balaban J connectivity index is 2.33. The summed E-state index contributed by atoms with van der Waals surface area (Å²) >= 11 is 14.1. The predicted molar refractivity (Wildman–Crippen MR) is 86.4 cm³/mol. The van der Waals surface area contributed by atoms with Crippen molar-refractivity contribution in [2.75, 3.05) is 0 Å². The molecule has 0 spiro atoms. The van der Waals surface area contributed by atoms with Crippen molar-refractivity contribution < 1.29 is 0 Å². The second-order valence-electron chi connectivity index (χ2n) is 5.70. The molecule has 0 amide bonds. The van der Waals surface area contributed by atoms with Gasteiger partial charge in [0.1, 0.15) is 0 Å². The van der Waals surface area contributed by atoms with E-state index in [4.69, 9.17) is 11.6 Å². The van der Waals surface area contributed by atoms with Crippen molar-refractivity contribution >= 4 is 43.5 Å². The SMILES string of the molecule is Cc1cc(Br)c(C(Cl)C2(C)CCCCC2)cc1Br. The molecule has 2 rings (SSSR count). The summed E-state index contributed by atoms with van der Waals surface area (Å²) in [5.41, 5.74) is 2.69. The van der Waals surface area contributed by atoms with Crippen molar-refractivity contribution in [3.8, 4) is 0 Å². The van der Waals surface area contributed by atoms with E-state index in [1.807, 2.05) is 0 Å². The summed E-state index contributed by atoms with van der Waals surface area (Å²) in [6.07, 6.45) is 6.45. The monoisotopic (exact) mass is 392 g/mol. The number of rotatable bonds is 2. The first kappa shape index (κ1) is 14.9. The number of hydrogen-bond donors (Lipinski definition) is 0. The molecule has 3 heteroatoms. The van der Waals surface area contributed by atoms with Crippen LogP contribution in [0, 0.1) is 12.3 Å². The highest BCUT2D eigenvalue weighted by atomic mass is 79.9. The molecule has 18 heavy (non-hydrogen) atoms. The van der Waals surface area contributed by atoms with Gasteiger partial charge in [-0.2, -0.15) is 0 Å². The van der Waals surface area contributed by atoms with Crippen LogP contribution in [0.15, 0.2) is 21.1 Å². The van der Waals surface area contributed by atoms with Gasteiger partial charge in [-0.25, -0.2) is 0 Å². The van der Waals surface area contributed by atoms with Gasteiger partial charge in [0.25, 0.3) is 0 Å². The van der Waals surface area contributed by atoms with Gasteiger partial charge in [0.05, 0.1) is 5.38 Å². The quantitative estimate of drug-likeness (QED) is 0.486. The molecule has 1 fully saturated rings. The third-order valence-electron chi connectivity index (χ3n) is 4.16. The molecule has 0 saturated heterocycles. The minimum atomic E-state index is 0.0871. The summed E-state index contributed by atoms with van der Waals surface area (Å²) in [7, 11) is 0. The van der Waals surface area contributed by atoms with Crippen LogP contribution < -0.4 is 0 Å². The van der Waals surface area contributed by atoms with Crippen LogP contribution in [0.2, 0.25) is 0 Å². The summed E-state index contributed by atoms with van der Waals surface area (Å²) in [6, 6.07) is 4.33. The molecular formula is C15H19Br2Cl. The highest BCUT2D eigenvalue weighted by molar-refractivity contribution is 9.11. The first-order valence-corrected chi connectivity index (χ1v) is 8.56.